The van der Waals surface area contributed by atoms with Crippen molar-refractivity contribution in [2.75, 3.05) is 6.67 Å². The summed E-state index contributed by atoms with van der Waals surface area (Å²) in [6, 6.07) is 13.0. The first-order valence-corrected chi connectivity index (χ1v) is 10.2. The Morgan fingerprint density at radius 2 is 1.88 bits per heavy atom. The van der Waals surface area contributed by atoms with Gasteiger partial charge in [0.1, 0.15) is 0 Å². The molecular formula is C23H22N6O3. The van der Waals surface area contributed by atoms with Crippen molar-refractivity contribution in [3.8, 4) is 0 Å². The minimum atomic E-state index is -0.884. The molecule has 9 heteroatoms. The Bertz CT molecular complexity index is 1250. The van der Waals surface area contributed by atoms with Gasteiger partial charge in [0, 0.05) is 30.7 Å². The van der Waals surface area contributed by atoms with E-state index in [9.17, 15) is 14.4 Å². The summed E-state index contributed by atoms with van der Waals surface area (Å²) in [5.41, 5.74) is 2.54. The Kier molecular flexibility index (Phi) is 5.60. The number of nitrogens with zero attached hydrogens (tertiary/aromatic N) is 3. The fourth-order valence-corrected chi connectivity index (χ4v) is 3.69. The molecule has 9 nitrogen and oxygen atoms in total. The maximum atomic E-state index is 13.1. The van der Waals surface area contributed by atoms with Gasteiger partial charge in [0.15, 0.2) is 0 Å². The Morgan fingerprint density at radius 1 is 1.12 bits per heavy atom. The molecule has 0 bridgehead atoms. The SMILES string of the molecule is [C-]#[N+]CNC(=O)C(=O)NCc1ccccc1C(=O)NC1(c2ccc3nn(C)cc3c2)CC1. The highest BCUT2D eigenvalue weighted by Crippen LogP contribution is 2.46. The van der Waals surface area contributed by atoms with Crippen LogP contribution < -0.4 is 16.0 Å². The third kappa shape index (κ3) is 4.30. The van der Waals surface area contributed by atoms with E-state index in [4.69, 9.17) is 6.57 Å². The molecule has 0 saturated heterocycles. The number of aryl methyl sites for hydroxylation is 1. The first kappa shape index (κ1) is 21.1. The second-order valence-corrected chi connectivity index (χ2v) is 7.77. The van der Waals surface area contributed by atoms with Gasteiger partial charge in [-0.05, 0) is 42.2 Å². The van der Waals surface area contributed by atoms with Crippen LogP contribution in [0.4, 0.5) is 0 Å². The summed E-state index contributed by atoms with van der Waals surface area (Å²) >= 11 is 0. The Balaban J connectivity index is 1.47. The van der Waals surface area contributed by atoms with Gasteiger partial charge in [0.25, 0.3) is 12.6 Å². The van der Waals surface area contributed by atoms with Crippen LogP contribution in [0.1, 0.15) is 34.3 Å². The summed E-state index contributed by atoms with van der Waals surface area (Å²) in [5.74, 6) is -1.98. The molecule has 0 unspecified atom stereocenters. The highest BCUT2D eigenvalue weighted by Gasteiger charge is 2.46. The average Bonchev–Trinajstić information content (AvgIpc) is 3.47. The number of hydrogen-bond donors (Lipinski definition) is 3. The van der Waals surface area contributed by atoms with Gasteiger partial charge in [-0.15, -0.1) is 0 Å². The van der Waals surface area contributed by atoms with Crippen LogP contribution in [0.2, 0.25) is 0 Å². The van der Waals surface area contributed by atoms with Crippen LogP contribution in [-0.2, 0) is 28.7 Å². The van der Waals surface area contributed by atoms with Crippen molar-refractivity contribution >= 4 is 28.6 Å². The molecule has 3 N–H and O–H groups in total. The van der Waals surface area contributed by atoms with Gasteiger partial charge in [-0.25, -0.2) is 6.57 Å². The van der Waals surface area contributed by atoms with Crippen LogP contribution in [0.3, 0.4) is 0 Å². The second kappa shape index (κ2) is 8.51. The van der Waals surface area contributed by atoms with Crippen molar-refractivity contribution in [3.05, 3.63) is 76.8 Å². The number of carbonyl (C=O) groups is 3. The number of amides is 3. The minimum Gasteiger partial charge on any atom is -0.344 e. The van der Waals surface area contributed by atoms with Crippen LogP contribution >= 0.6 is 0 Å². The van der Waals surface area contributed by atoms with Gasteiger partial charge < -0.3 is 10.6 Å². The zero-order chi connectivity index (χ0) is 22.7. The lowest BCUT2D eigenvalue weighted by Gasteiger charge is -2.19. The first-order chi connectivity index (χ1) is 15.4. The Hall–Kier alpha value is -4.19. The summed E-state index contributed by atoms with van der Waals surface area (Å²) in [4.78, 5) is 39.6. The number of hydrogen-bond acceptors (Lipinski definition) is 4. The molecular weight excluding hydrogens is 408 g/mol. The third-order valence-corrected chi connectivity index (χ3v) is 5.50. The summed E-state index contributed by atoms with van der Waals surface area (Å²) in [6.07, 6.45) is 3.62. The Labute approximate surface area is 184 Å². The molecule has 1 heterocycles. The summed E-state index contributed by atoms with van der Waals surface area (Å²) in [6.45, 7) is 6.41. The lowest BCUT2D eigenvalue weighted by molar-refractivity contribution is -0.139. The molecule has 1 saturated carbocycles. The van der Waals surface area contributed by atoms with Gasteiger partial charge in [-0.2, -0.15) is 5.10 Å². The van der Waals surface area contributed by atoms with Crippen molar-refractivity contribution in [2.45, 2.75) is 24.9 Å². The quantitative estimate of drug-likeness (QED) is 0.408. The fraction of sp³-hybridized carbons (Fsp3) is 0.261. The average molecular weight is 430 g/mol. The molecule has 2 aromatic carbocycles. The van der Waals surface area contributed by atoms with Gasteiger partial charge in [-0.1, -0.05) is 24.3 Å². The van der Waals surface area contributed by atoms with Gasteiger partial charge >= 0.3 is 11.8 Å². The van der Waals surface area contributed by atoms with Gasteiger partial charge in [-0.3, -0.25) is 29.2 Å². The fourth-order valence-electron chi connectivity index (χ4n) is 3.69. The molecule has 3 aromatic rings. The summed E-state index contributed by atoms with van der Waals surface area (Å²) < 4.78 is 1.76. The maximum Gasteiger partial charge on any atom is 0.314 e. The molecule has 0 radical (unpaired) electrons. The molecule has 0 atom stereocenters. The van der Waals surface area contributed by atoms with Crippen LogP contribution in [0.5, 0.6) is 0 Å². The van der Waals surface area contributed by atoms with E-state index in [2.05, 4.69) is 32.0 Å². The minimum absolute atomic E-state index is 0.0164. The summed E-state index contributed by atoms with van der Waals surface area (Å²) in [7, 11) is 1.87. The molecule has 1 aliphatic carbocycles. The number of aromatic nitrogens is 2. The highest BCUT2D eigenvalue weighted by atomic mass is 16.2. The number of fused-ring (bicyclic) bond motifs is 1. The van der Waals surface area contributed by atoms with E-state index in [1.807, 2.05) is 25.4 Å². The van der Waals surface area contributed by atoms with E-state index in [1.54, 1.807) is 28.9 Å². The standard InChI is InChI=1S/C23H22N6O3/c1-24-14-26-22(32)21(31)25-12-15-5-3-4-6-18(15)20(30)27-23(9-10-23)17-7-8-19-16(11-17)13-29(2)28-19/h3-8,11,13H,9-10,12,14H2,2H3,(H,25,31)(H,26,32)(H,27,30). The lowest BCUT2D eigenvalue weighted by Crippen LogP contribution is -2.40. The molecule has 32 heavy (non-hydrogen) atoms. The van der Waals surface area contributed by atoms with Gasteiger partial charge in [0.2, 0.25) is 0 Å². The van der Waals surface area contributed by atoms with E-state index in [1.165, 1.54) is 0 Å². The molecule has 4 rings (SSSR count). The molecule has 1 fully saturated rings. The Morgan fingerprint density at radius 3 is 2.62 bits per heavy atom. The topological polar surface area (TPSA) is 109 Å². The van der Waals surface area contributed by atoms with E-state index in [-0.39, 0.29) is 19.1 Å². The predicted octanol–water partition coefficient (Wildman–Crippen LogP) is 1.60. The van der Waals surface area contributed by atoms with Crippen LogP contribution in [-0.4, -0.2) is 34.2 Å². The van der Waals surface area contributed by atoms with Crippen molar-refractivity contribution < 1.29 is 14.4 Å². The van der Waals surface area contributed by atoms with Crippen molar-refractivity contribution in [1.29, 1.82) is 0 Å². The van der Waals surface area contributed by atoms with E-state index in [0.717, 1.165) is 29.3 Å². The monoisotopic (exact) mass is 430 g/mol. The maximum absolute atomic E-state index is 13.1. The zero-order valence-corrected chi connectivity index (χ0v) is 17.5. The lowest BCUT2D eigenvalue weighted by atomic mass is 10.0. The number of carbonyl (C=O) groups excluding carboxylic acids is 3. The predicted molar refractivity (Wildman–Crippen MR) is 117 cm³/mol. The summed E-state index contributed by atoms with van der Waals surface area (Å²) in [5, 5.41) is 13.2. The molecule has 0 spiro atoms. The molecule has 1 aromatic heterocycles. The van der Waals surface area contributed by atoms with E-state index in [0.29, 0.717) is 11.1 Å². The molecule has 162 valence electrons. The molecule has 0 aliphatic heterocycles. The molecule has 3 amide bonds. The zero-order valence-electron chi connectivity index (χ0n) is 17.5. The first-order valence-electron chi connectivity index (χ1n) is 10.2. The number of benzene rings is 2. The highest BCUT2D eigenvalue weighted by molar-refractivity contribution is 6.35. The van der Waals surface area contributed by atoms with Crippen LogP contribution in [0.15, 0.2) is 48.7 Å². The van der Waals surface area contributed by atoms with Crippen LogP contribution in [0, 0.1) is 6.57 Å². The van der Waals surface area contributed by atoms with Crippen molar-refractivity contribution in [2.24, 2.45) is 7.05 Å². The van der Waals surface area contributed by atoms with E-state index < -0.39 is 17.4 Å². The van der Waals surface area contributed by atoms with E-state index >= 15 is 0 Å². The van der Waals surface area contributed by atoms with Crippen molar-refractivity contribution in [1.82, 2.24) is 25.7 Å². The molecule has 1 aliphatic rings. The second-order valence-electron chi connectivity index (χ2n) is 7.77. The largest absolute Gasteiger partial charge is 0.344 e. The normalized spacial score (nSPS) is 13.8. The smallest absolute Gasteiger partial charge is 0.314 e. The number of nitrogens with one attached hydrogen (secondary N) is 3. The third-order valence-electron chi connectivity index (χ3n) is 5.50. The van der Waals surface area contributed by atoms with Gasteiger partial charge in [0.05, 0.1) is 11.1 Å². The number of rotatable bonds is 6. The van der Waals surface area contributed by atoms with Crippen LogP contribution in [0.25, 0.3) is 15.7 Å². The van der Waals surface area contributed by atoms with Crippen molar-refractivity contribution in [3.63, 3.8) is 0 Å².